The highest BCUT2D eigenvalue weighted by Crippen LogP contribution is 2.60. The summed E-state index contributed by atoms with van der Waals surface area (Å²) in [5, 5.41) is 9.77. The Hall–Kier alpha value is -3.26. The van der Waals surface area contributed by atoms with Gasteiger partial charge in [-0.25, -0.2) is 0 Å². The zero-order valence-electron chi connectivity index (χ0n) is 19.2. The van der Waals surface area contributed by atoms with E-state index in [2.05, 4.69) is 6.07 Å². The van der Waals surface area contributed by atoms with Gasteiger partial charge in [-0.15, -0.1) is 0 Å². The maximum absolute atomic E-state index is 13.3. The average molecular weight is 444 g/mol. The molecule has 2 aromatic carbocycles. The molecule has 4 aliphatic carbocycles. The van der Waals surface area contributed by atoms with Crippen LogP contribution in [0, 0.1) is 34.5 Å². The van der Waals surface area contributed by atoms with Gasteiger partial charge in [0, 0.05) is 0 Å². The highest BCUT2D eigenvalue weighted by molar-refractivity contribution is 5.90. The number of hydrogen-bond acceptors (Lipinski definition) is 5. The van der Waals surface area contributed by atoms with Crippen LogP contribution in [0.1, 0.15) is 49.7 Å². The Bertz CT molecular complexity index is 1110. The summed E-state index contributed by atoms with van der Waals surface area (Å²) in [7, 11) is 3.15. The maximum atomic E-state index is 13.3. The predicted molar refractivity (Wildman–Crippen MR) is 126 cm³/mol. The maximum Gasteiger partial charge on any atom is 0.317 e. The van der Waals surface area contributed by atoms with Gasteiger partial charge in [-0.1, -0.05) is 12.1 Å². The first kappa shape index (κ1) is 21.6. The summed E-state index contributed by atoms with van der Waals surface area (Å²) >= 11 is 0. The number of benzene rings is 2. The molecule has 4 saturated carbocycles. The second-order valence-corrected chi connectivity index (χ2v) is 9.90. The Morgan fingerprint density at radius 1 is 0.970 bits per heavy atom. The number of nitriles is 1. The lowest BCUT2D eigenvalue weighted by Gasteiger charge is -2.55. The van der Waals surface area contributed by atoms with E-state index in [1.54, 1.807) is 32.4 Å². The molecule has 0 aliphatic heterocycles. The molecule has 0 amide bonds. The SMILES string of the molecule is COc1ccc(/C(C#N)=C\c2cccc(OC(=O)C34CC5CC(CC(C5)C3)C4)c2)cc1OC. The molecule has 0 spiro atoms. The number of allylic oxidation sites excluding steroid dienone is 1. The van der Waals surface area contributed by atoms with E-state index < -0.39 is 0 Å². The smallest absolute Gasteiger partial charge is 0.317 e. The minimum Gasteiger partial charge on any atom is -0.493 e. The van der Waals surface area contributed by atoms with E-state index in [-0.39, 0.29) is 11.4 Å². The largest absolute Gasteiger partial charge is 0.493 e. The van der Waals surface area contributed by atoms with Gasteiger partial charge in [-0.3, -0.25) is 4.79 Å². The molecule has 5 heteroatoms. The highest BCUT2D eigenvalue weighted by Gasteiger charge is 2.55. The molecule has 0 radical (unpaired) electrons. The minimum absolute atomic E-state index is 0.0665. The third kappa shape index (κ3) is 4.11. The zero-order valence-corrected chi connectivity index (χ0v) is 19.2. The van der Waals surface area contributed by atoms with Crippen molar-refractivity contribution >= 4 is 17.6 Å². The van der Waals surface area contributed by atoms with E-state index in [4.69, 9.17) is 14.2 Å². The summed E-state index contributed by atoms with van der Waals surface area (Å²) in [4.78, 5) is 13.3. The monoisotopic (exact) mass is 443 g/mol. The van der Waals surface area contributed by atoms with Crippen LogP contribution in [-0.4, -0.2) is 20.2 Å². The molecule has 0 saturated heterocycles. The second-order valence-electron chi connectivity index (χ2n) is 9.90. The Morgan fingerprint density at radius 2 is 1.64 bits per heavy atom. The number of carbonyl (C=O) groups is 1. The fraction of sp³-hybridized carbons (Fsp3) is 0.429. The quantitative estimate of drug-likeness (QED) is 0.241. The van der Waals surface area contributed by atoms with Crippen molar-refractivity contribution in [3.8, 4) is 23.3 Å². The number of methoxy groups -OCH3 is 2. The van der Waals surface area contributed by atoms with Crippen molar-refractivity contribution in [2.75, 3.05) is 14.2 Å². The van der Waals surface area contributed by atoms with Crippen LogP contribution in [-0.2, 0) is 4.79 Å². The Labute approximate surface area is 195 Å². The number of ether oxygens (including phenoxy) is 3. The lowest BCUT2D eigenvalue weighted by molar-refractivity contribution is -0.161. The number of rotatable bonds is 6. The van der Waals surface area contributed by atoms with Gasteiger partial charge in [0.05, 0.1) is 31.3 Å². The summed E-state index contributed by atoms with van der Waals surface area (Å²) in [5.41, 5.74) is 1.72. The van der Waals surface area contributed by atoms with Crippen molar-refractivity contribution in [3.05, 3.63) is 53.6 Å². The van der Waals surface area contributed by atoms with Crippen molar-refractivity contribution in [2.45, 2.75) is 38.5 Å². The van der Waals surface area contributed by atoms with Gasteiger partial charge < -0.3 is 14.2 Å². The molecule has 4 bridgehead atoms. The minimum atomic E-state index is -0.294. The van der Waals surface area contributed by atoms with E-state index in [9.17, 15) is 10.1 Å². The van der Waals surface area contributed by atoms with E-state index in [0.29, 0.717) is 40.6 Å². The van der Waals surface area contributed by atoms with Crippen molar-refractivity contribution in [1.82, 2.24) is 0 Å². The van der Waals surface area contributed by atoms with Crippen LogP contribution >= 0.6 is 0 Å². The first-order valence-corrected chi connectivity index (χ1v) is 11.7. The van der Waals surface area contributed by atoms with Crippen LogP contribution < -0.4 is 14.2 Å². The zero-order chi connectivity index (χ0) is 23.0. The van der Waals surface area contributed by atoms with Crippen LogP contribution in [0.3, 0.4) is 0 Å². The third-order valence-corrected chi connectivity index (χ3v) is 7.67. The van der Waals surface area contributed by atoms with E-state index in [1.165, 1.54) is 19.3 Å². The molecule has 2 aromatic rings. The molecule has 33 heavy (non-hydrogen) atoms. The normalized spacial score (nSPS) is 27.7. The molecule has 6 rings (SSSR count). The van der Waals surface area contributed by atoms with Crippen molar-refractivity contribution < 1.29 is 19.0 Å². The van der Waals surface area contributed by atoms with Crippen LogP contribution in [0.5, 0.6) is 17.2 Å². The van der Waals surface area contributed by atoms with Gasteiger partial charge in [-0.2, -0.15) is 5.26 Å². The summed E-state index contributed by atoms with van der Waals surface area (Å²) in [6.45, 7) is 0. The first-order valence-electron chi connectivity index (χ1n) is 11.7. The van der Waals surface area contributed by atoms with Crippen LogP contribution in [0.25, 0.3) is 11.6 Å². The Kier molecular flexibility index (Phi) is 5.62. The fourth-order valence-electron chi connectivity index (χ4n) is 6.59. The molecule has 0 unspecified atom stereocenters. The average Bonchev–Trinajstić information content (AvgIpc) is 2.81. The molecule has 4 fully saturated rings. The summed E-state index contributed by atoms with van der Waals surface area (Å²) < 4.78 is 16.6. The van der Waals surface area contributed by atoms with E-state index >= 15 is 0 Å². The Morgan fingerprint density at radius 3 is 2.24 bits per heavy atom. The molecule has 0 atom stereocenters. The van der Waals surface area contributed by atoms with Crippen molar-refractivity contribution in [3.63, 3.8) is 0 Å². The summed E-state index contributed by atoms with van der Waals surface area (Å²) in [6, 6.07) is 15.1. The molecule has 0 N–H and O–H groups in total. The molecule has 5 nitrogen and oxygen atoms in total. The van der Waals surface area contributed by atoms with Gasteiger partial charge in [0.1, 0.15) is 5.75 Å². The summed E-state index contributed by atoms with van der Waals surface area (Å²) in [5.74, 6) is 3.72. The van der Waals surface area contributed by atoms with Crippen LogP contribution in [0.4, 0.5) is 0 Å². The molecule has 170 valence electrons. The highest BCUT2D eigenvalue weighted by atomic mass is 16.5. The summed E-state index contributed by atoms with van der Waals surface area (Å²) in [6.07, 6.45) is 8.61. The fourth-order valence-corrected chi connectivity index (χ4v) is 6.59. The number of hydrogen-bond donors (Lipinski definition) is 0. The molecular weight excluding hydrogens is 414 g/mol. The third-order valence-electron chi connectivity index (χ3n) is 7.67. The van der Waals surface area contributed by atoms with Crippen molar-refractivity contribution in [1.29, 1.82) is 5.26 Å². The van der Waals surface area contributed by atoms with E-state index in [0.717, 1.165) is 30.4 Å². The van der Waals surface area contributed by atoms with Gasteiger partial charge >= 0.3 is 5.97 Å². The first-order chi connectivity index (χ1) is 16.0. The van der Waals surface area contributed by atoms with Gasteiger partial charge in [0.25, 0.3) is 0 Å². The lowest BCUT2D eigenvalue weighted by Crippen LogP contribution is -2.51. The number of esters is 1. The topological polar surface area (TPSA) is 68.5 Å². The van der Waals surface area contributed by atoms with Gasteiger partial charge in [-0.05, 0) is 104 Å². The molecule has 4 aliphatic rings. The van der Waals surface area contributed by atoms with Crippen molar-refractivity contribution in [2.24, 2.45) is 23.2 Å². The molecular formula is C28H29NO4. The molecule has 0 heterocycles. The van der Waals surface area contributed by atoms with E-state index in [1.807, 2.05) is 30.3 Å². The lowest BCUT2D eigenvalue weighted by atomic mass is 9.49. The second kappa shape index (κ2) is 8.59. The standard InChI is InChI=1S/C28H29NO4/c1-31-25-7-6-22(13-26(25)32-2)23(17-29)11-18-4-3-5-24(12-18)33-27(30)28-14-19-8-20(15-28)10-21(9-19)16-28/h3-7,11-13,19-21H,8-10,14-16H2,1-2H3/b23-11-. The van der Waals surface area contributed by atoms with Crippen LogP contribution in [0.2, 0.25) is 0 Å². The van der Waals surface area contributed by atoms with Gasteiger partial charge in [0.15, 0.2) is 11.5 Å². The number of carbonyl (C=O) groups excluding carboxylic acids is 1. The van der Waals surface area contributed by atoms with Crippen LogP contribution in [0.15, 0.2) is 42.5 Å². The predicted octanol–water partition coefficient (Wildman–Crippen LogP) is 5.89. The number of nitrogens with zero attached hydrogens (tertiary/aromatic N) is 1. The molecule has 0 aromatic heterocycles. The van der Waals surface area contributed by atoms with Gasteiger partial charge in [0.2, 0.25) is 0 Å². The Balaban J connectivity index is 1.36.